The van der Waals surface area contributed by atoms with E-state index in [1.165, 1.54) is 22.3 Å². The number of benzene rings is 2. The molecule has 0 aliphatic rings. The van der Waals surface area contributed by atoms with Crippen molar-refractivity contribution in [3.63, 3.8) is 0 Å². The van der Waals surface area contributed by atoms with E-state index in [1.807, 2.05) is 13.0 Å². The Bertz CT molecular complexity index is 598. The van der Waals surface area contributed by atoms with Gasteiger partial charge in [0.15, 0.2) is 0 Å². The first-order valence-electron chi connectivity index (χ1n) is 7.86. The maximum Gasteiger partial charge on any atom is -0.0219 e. The molecule has 0 spiro atoms. The highest BCUT2D eigenvalue weighted by Gasteiger charge is 1.93. The predicted octanol–water partition coefficient (Wildman–Crippen LogP) is 6.78. The molecule has 0 saturated carbocycles. The zero-order valence-electron chi connectivity index (χ0n) is 14.6. The van der Waals surface area contributed by atoms with Crippen molar-refractivity contribution in [2.24, 2.45) is 0 Å². The minimum absolute atomic E-state index is 0.659. The first-order chi connectivity index (χ1) is 10.4. The van der Waals surface area contributed by atoms with Crippen LogP contribution in [0.3, 0.4) is 0 Å². The normalized spacial score (nSPS) is 10.9. The second-order valence-corrected chi connectivity index (χ2v) is 6.08. The summed E-state index contributed by atoms with van der Waals surface area (Å²) in [6.45, 7) is 14.5. The van der Waals surface area contributed by atoms with Crippen LogP contribution in [-0.4, -0.2) is 0 Å². The van der Waals surface area contributed by atoms with E-state index in [0.717, 1.165) is 5.57 Å². The van der Waals surface area contributed by atoms with E-state index in [4.69, 9.17) is 0 Å². The molecule has 2 rings (SSSR count). The van der Waals surface area contributed by atoms with E-state index in [0.29, 0.717) is 5.92 Å². The molecule has 0 atom stereocenters. The average molecular weight is 292 g/mol. The van der Waals surface area contributed by atoms with Crippen LogP contribution in [0.15, 0.2) is 72.3 Å². The average Bonchev–Trinajstić information content (AvgIpc) is 2.51. The molecule has 0 aliphatic carbocycles. The van der Waals surface area contributed by atoms with Crippen LogP contribution < -0.4 is 0 Å². The van der Waals surface area contributed by atoms with Crippen LogP contribution in [-0.2, 0) is 0 Å². The molecule has 0 unspecified atom stereocenters. The van der Waals surface area contributed by atoms with Gasteiger partial charge in [-0.3, -0.25) is 0 Å². The predicted molar refractivity (Wildman–Crippen MR) is 100 cm³/mol. The summed E-state index contributed by atoms with van der Waals surface area (Å²) in [7, 11) is 0. The third-order valence-corrected chi connectivity index (χ3v) is 3.60. The molecule has 22 heavy (non-hydrogen) atoms. The van der Waals surface area contributed by atoms with Gasteiger partial charge in [-0.05, 0) is 43.4 Å². The Kier molecular flexibility index (Phi) is 7.39. The van der Waals surface area contributed by atoms with E-state index in [2.05, 4.69) is 88.9 Å². The van der Waals surface area contributed by atoms with Gasteiger partial charge in [-0.1, -0.05) is 92.2 Å². The van der Waals surface area contributed by atoms with Crippen LogP contribution in [0.25, 0.3) is 6.08 Å². The maximum absolute atomic E-state index is 3.90. The standard InChI is InChI=1S/C13H16.C9H12/c1-10(2)12(4)9-13-7-5-11(3)6-8-13;1-8(2)9-6-4-3-5-7-9/h5-9H,1H2,2-4H3;3-8H,1-2H3/b12-9+;. The SMILES string of the molecule is C=C(C)/C(C)=C/c1ccc(C)cc1.CC(C)c1ccccc1. The number of hydrogen-bond donors (Lipinski definition) is 0. The Balaban J connectivity index is 0.000000235. The van der Waals surface area contributed by atoms with Crippen LogP contribution in [0.4, 0.5) is 0 Å². The van der Waals surface area contributed by atoms with Crippen molar-refractivity contribution in [2.75, 3.05) is 0 Å². The Morgan fingerprint density at radius 1 is 0.909 bits per heavy atom. The third kappa shape index (κ3) is 6.58. The van der Waals surface area contributed by atoms with Crippen LogP contribution in [0.5, 0.6) is 0 Å². The van der Waals surface area contributed by atoms with E-state index in [9.17, 15) is 0 Å². The van der Waals surface area contributed by atoms with Crippen molar-refractivity contribution < 1.29 is 0 Å². The van der Waals surface area contributed by atoms with Gasteiger partial charge in [0.05, 0.1) is 0 Å². The van der Waals surface area contributed by atoms with Gasteiger partial charge in [-0.15, -0.1) is 0 Å². The zero-order valence-corrected chi connectivity index (χ0v) is 14.6. The lowest BCUT2D eigenvalue weighted by molar-refractivity contribution is 0.867. The van der Waals surface area contributed by atoms with Gasteiger partial charge in [-0.2, -0.15) is 0 Å². The summed E-state index contributed by atoms with van der Waals surface area (Å²) in [5.41, 5.74) is 6.32. The lowest BCUT2D eigenvalue weighted by Gasteiger charge is -2.01. The smallest absolute Gasteiger partial charge is 0.0219 e. The summed E-state index contributed by atoms with van der Waals surface area (Å²) >= 11 is 0. The van der Waals surface area contributed by atoms with Gasteiger partial charge in [0, 0.05) is 0 Å². The molecule has 0 nitrogen and oxygen atoms in total. The minimum Gasteiger partial charge on any atom is -0.0958 e. The van der Waals surface area contributed by atoms with Crippen molar-refractivity contribution in [3.05, 3.63) is 89.0 Å². The summed E-state index contributed by atoms with van der Waals surface area (Å²) in [5.74, 6) is 0.659. The first kappa shape index (κ1) is 18.0. The summed E-state index contributed by atoms with van der Waals surface area (Å²) in [6, 6.07) is 19.0. The molecule has 0 radical (unpaired) electrons. The molecule has 0 bridgehead atoms. The molecule has 0 aliphatic heterocycles. The summed E-state index contributed by atoms with van der Waals surface area (Å²) < 4.78 is 0. The molecule has 0 heteroatoms. The summed E-state index contributed by atoms with van der Waals surface area (Å²) in [6.07, 6.45) is 2.15. The summed E-state index contributed by atoms with van der Waals surface area (Å²) in [4.78, 5) is 0. The number of allylic oxidation sites excluding steroid dienone is 2. The number of rotatable bonds is 3. The first-order valence-corrected chi connectivity index (χ1v) is 7.86. The van der Waals surface area contributed by atoms with Crippen LogP contribution in [0.1, 0.15) is 50.3 Å². The lowest BCUT2D eigenvalue weighted by Crippen LogP contribution is -1.83. The Labute approximate surface area is 136 Å². The van der Waals surface area contributed by atoms with Gasteiger partial charge in [0.25, 0.3) is 0 Å². The summed E-state index contributed by atoms with van der Waals surface area (Å²) in [5, 5.41) is 0. The van der Waals surface area contributed by atoms with Gasteiger partial charge < -0.3 is 0 Å². The fourth-order valence-corrected chi connectivity index (χ4v) is 1.87. The highest BCUT2D eigenvalue weighted by Crippen LogP contribution is 2.13. The maximum atomic E-state index is 3.90. The second-order valence-electron chi connectivity index (χ2n) is 6.08. The van der Waals surface area contributed by atoms with Crippen molar-refractivity contribution in [2.45, 2.75) is 40.5 Å². The number of hydrogen-bond acceptors (Lipinski definition) is 0. The fourth-order valence-electron chi connectivity index (χ4n) is 1.87. The van der Waals surface area contributed by atoms with E-state index in [1.54, 1.807) is 0 Å². The zero-order chi connectivity index (χ0) is 16.5. The second kappa shape index (κ2) is 9.04. The minimum atomic E-state index is 0.659. The number of aryl methyl sites for hydroxylation is 1. The molecule has 116 valence electrons. The largest absolute Gasteiger partial charge is 0.0958 e. The highest BCUT2D eigenvalue weighted by molar-refractivity contribution is 5.57. The Morgan fingerprint density at radius 3 is 1.86 bits per heavy atom. The molecule has 0 N–H and O–H groups in total. The van der Waals surface area contributed by atoms with Crippen molar-refractivity contribution in [3.8, 4) is 0 Å². The topological polar surface area (TPSA) is 0 Å². The van der Waals surface area contributed by atoms with E-state index >= 15 is 0 Å². The van der Waals surface area contributed by atoms with E-state index < -0.39 is 0 Å². The molecule has 0 amide bonds. The highest BCUT2D eigenvalue weighted by atomic mass is 14.0. The van der Waals surface area contributed by atoms with Crippen molar-refractivity contribution >= 4 is 6.08 Å². The molecule has 0 fully saturated rings. The third-order valence-electron chi connectivity index (χ3n) is 3.60. The molecule has 2 aromatic rings. The van der Waals surface area contributed by atoms with Gasteiger partial charge in [0.1, 0.15) is 0 Å². The molecule has 0 heterocycles. The lowest BCUT2D eigenvalue weighted by atomic mass is 10.0. The molecule has 2 aromatic carbocycles. The molecule has 0 saturated heterocycles. The van der Waals surface area contributed by atoms with Crippen LogP contribution >= 0.6 is 0 Å². The molecule has 0 aromatic heterocycles. The fraction of sp³-hybridized carbons (Fsp3) is 0.273. The quantitative estimate of drug-likeness (QED) is 0.547. The van der Waals surface area contributed by atoms with Crippen LogP contribution in [0, 0.1) is 6.92 Å². The van der Waals surface area contributed by atoms with Crippen molar-refractivity contribution in [1.82, 2.24) is 0 Å². The van der Waals surface area contributed by atoms with Crippen LogP contribution in [0.2, 0.25) is 0 Å². The Morgan fingerprint density at radius 2 is 1.45 bits per heavy atom. The Hall–Kier alpha value is -2.08. The molecular formula is C22H28. The van der Waals surface area contributed by atoms with Gasteiger partial charge in [0.2, 0.25) is 0 Å². The van der Waals surface area contributed by atoms with Gasteiger partial charge in [-0.25, -0.2) is 0 Å². The van der Waals surface area contributed by atoms with Crippen molar-refractivity contribution in [1.29, 1.82) is 0 Å². The molecular weight excluding hydrogens is 264 g/mol. The monoisotopic (exact) mass is 292 g/mol. The van der Waals surface area contributed by atoms with Gasteiger partial charge >= 0.3 is 0 Å². The van der Waals surface area contributed by atoms with E-state index in [-0.39, 0.29) is 0 Å².